The lowest BCUT2D eigenvalue weighted by Crippen LogP contribution is -2.16. The number of nitrogens with zero attached hydrogens (tertiary/aromatic N) is 2. The highest BCUT2D eigenvalue weighted by Gasteiger charge is 2.08. The van der Waals surface area contributed by atoms with Crippen LogP contribution >= 0.6 is 0 Å². The number of hydrogen-bond acceptors (Lipinski definition) is 5. The highest BCUT2D eigenvalue weighted by molar-refractivity contribution is 7.92. The molecule has 22 heavy (non-hydrogen) atoms. The van der Waals surface area contributed by atoms with Crippen molar-refractivity contribution in [3.8, 4) is 0 Å². The Morgan fingerprint density at radius 3 is 2.41 bits per heavy atom. The molecule has 0 fully saturated rings. The van der Waals surface area contributed by atoms with Gasteiger partial charge in [-0.1, -0.05) is 18.2 Å². The van der Waals surface area contributed by atoms with E-state index in [1.54, 1.807) is 24.3 Å². The van der Waals surface area contributed by atoms with Gasteiger partial charge in [-0.3, -0.25) is 4.72 Å². The largest absolute Gasteiger partial charge is 0.368 e. The van der Waals surface area contributed by atoms with Crippen molar-refractivity contribution in [3.05, 3.63) is 47.8 Å². The molecule has 0 aliphatic rings. The van der Waals surface area contributed by atoms with E-state index in [1.807, 2.05) is 0 Å². The average Bonchev–Trinajstić information content (AvgIpc) is 2.51. The van der Waals surface area contributed by atoms with Crippen LogP contribution in [0.4, 0.5) is 16.0 Å². The number of benzene rings is 1. The van der Waals surface area contributed by atoms with Crippen molar-refractivity contribution < 1.29 is 12.8 Å². The lowest BCUT2D eigenvalue weighted by atomic mass is 10.1. The maximum atomic E-state index is 13.4. The molecule has 118 valence electrons. The second-order valence-electron chi connectivity index (χ2n) is 4.58. The number of nitrogens with one attached hydrogen (secondary N) is 2. The molecule has 2 N–H and O–H groups in total. The molecule has 8 heteroatoms. The van der Waals surface area contributed by atoms with Crippen molar-refractivity contribution in [3.63, 3.8) is 0 Å². The molecule has 0 bridgehead atoms. The molecular weight excluding hydrogens is 307 g/mol. The number of anilines is 2. The summed E-state index contributed by atoms with van der Waals surface area (Å²) < 4.78 is 38.5. The molecule has 6 nitrogen and oxygen atoms in total. The summed E-state index contributed by atoms with van der Waals surface area (Å²) in [5.74, 6) is 0.397. The van der Waals surface area contributed by atoms with Crippen molar-refractivity contribution in [2.75, 3.05) is 22.3 Å². The van der Waals surface area contributed by atoms with E-state index in [0.29, 0.717) is 24.3 Å². The van der Waals surface area contributed by atoms with Crippen LogP contribution in [0.5, 0.6) is 0 Å². The zero-order chi connectivity index (χ0) is 16.0. The summed E-state index contributed by atoms with van der Waals surface area (Å²) in [7, 11) is -3.36. The van der Waals surface area contributed by atoms with E-state index >= 15 is 0 Å². The fourth-order valence-corrected chi connectivity index (χ4v) is 2.31. The molecule has 0 saturated heterocycles. The van der Waals surface area contributed by atoms with Gasteiger partial charge < -0.3 is 5.32 Å². The third-order valence-corrected chi connectivity index (χ3v) is 4.24. The van der Waals surface area contributed by atoms with Gasteiger partial charge in [-0.15, -0.1) is 10.2 Å². The summed E-state index contributed by atoms with van der Waals surface area (Å²) in [5.41, 5.74) is 0.621. The van der Waals surface area contributed by atoms with Crippen LogP contribution in [-0.2, 0) is 16.4 Å². The summed E-state index contributed by atoms with van der Waals surface area (Å²) in [6, 6.07) is 9.71. The molecule has 0 saturated carbocycles. The summed E-state index contributed by atoms with van der Waals surface area (Å²) in [6.45, 7) is 2.03. The smallest absolute Gasteiger partial charge is 0.233 e. The first-order valence-corrected chi connectivity index (χ1v) is 8.47. The molecule has 1 heterocycles. The normalized spacial score (nSPS) is 11.2. The molecule has 0 amide bonds. The lowest BCUT2D eigenvalue weighted by Gasteiger charge is -2.07. The van der Waals surface area contributed by atoms with Crippen LogP contribution in [-0.4, -0.2) is 30.9 Å². The van der Waals surface area contributed by atoms with Crippen LogP contribution in [0.3, 0.4) is 0 Å². The Bertz CT molecular complexity index is 720. The summed E-state index contributed by atoms with van der Waals surface area (Å²) >= 11 is 0. The summed E-state index contributed by atoms with van der Waals surface area (Å²) in [5, 5.41) is 10.7. The van der Waals surface area contributed by atoms with Crippen LogP contribution in [0.15, 0.2) is 36.4 Å². The first-order valence-electron chi connectivity index (χ1n) is 6.81. The molecule has 0 aliphatic heterocycles. The molecule has 1 aromatic carbocycles. The second-order valence-corrected chi connectivity index (χ2v) is 6.59. The number of hydrogen-bond donors (Lipinski definition) is 2. The molecule has 0 aliphatic carbocycles. The van der Waals surface area contributed by atoms with Gasteiger partial charge in [-0.2, -0.15) is 0 Å². The monoisotopic (exact) mass is 324 g/mol. The van der Waals surface area contributed by atoms with Crippen LogP contribution < -0.4 is 10.0 Å². The van der Waals surface area contributed by atoms with Crippen LogP contribution in [0.25, 0.3) is 0 Å². The van der Waals surface area contributed by atoms with Crippen LogP contribution in [0.1, 0.15) is 12.5 Å². The fraction of sp³-hybridized carbons (Fsp3) is 0.286. The van der Waals surface area contributed by atoms with Gasteiger partial charge in [-0.05, 0) is 37.1 Å². The second kappa shape index (κ2) is 7.17. The molecule has 1 aromatic heterocycles. The maximum absolute atomic E-state index is 13.4. The summed E-state index contributed by atoms with van der Waals surface area (Å²) in [6.07, 6.45) is 0.512. The minimum Gasteiger partial charge on any atom is -0.368 e. The molecular formula is C14H17FN4O2S. The summed E-state index contributed by atoms with van der Waals surface area (Å²) in [4.78, 5) is 0. The first kappa shape index (κ1) is 16.2. The Balaban J connectivity index is 1.88. The molecule has 0 unspecified atom stereocenters. The SMILES string of the molecule is CCS(=O)(=O)Nc1ccc(NCCc2ccccc2F)nn1. The van der Waals surface area contributed by atoms with Gasteiger partial charge in [0.15, 0.2) is 5.82 Å². The minimum absolute atomic E-state index is 0.0304. The number of aromatic nitrogens is 2. The van der Waals surface area contributed by atoms with E-state index in [-0.39, 0.29) is 17.4 Å². The Kier molecular flexibility index (Phi) is 5.26. The van der Waals surface area contributed by atoms with Gasteiger partial charge in [0.05, 0.1) is 5.75 Å². The minimum atomic E-state index is -3.36. The topological polar surface area (TPSA) is 84.0 Å². The van der Waals surface area contributed by atoms with E-state index < -0.39 is 10.0 Å². The molecule has 0 spiro atoms. The van der Waals surface area contributed by atoms with Crippen LogP contribution in [0, 0.1) is 5.82 Å². The van der Waals surface area contributed by atoms with E-state index in [9.17, 15) is 12.8 Å². The standard InChI is InChI=1S/C14H17FN4O2S/c1-2-22(20,21)19-14-8-7-13(17-18-14)16-10-9-11-5-3-4-6-12(11)15/h3-8H,2,9-10H2,1H3,(H,16,17)(H,18,19). The van der Waals surface area contributed by atoms with Crippen molar-refractivity contribution >= 4 is 21.7 Å². The molecule has 0 radical (unpaired) electrons. The van der Waals surface area contributed by atoms with Gasteiger partial charge in [0.1, 0.15) is 11.6 Å². The highest BCUT2D eigenvalue weighted by atomic mass is 32.2. The Morgan fingerprint density at radius 1 is 1.09 bits per heavy atom. The van der Waals surface area contributed by atoms with Crippen molar-refractivity contribution in [2.24, 2.45) is 0 Å². The van der Waals surface area contributed by atoms with Gasteiger partial charge in [0.25, 0.3) is 0 Å². The third-order valence-electron chi connectivity index (χ3n) is 2.96. The van der Waals surface area contributed by atoms with E-state index in [4.69, 9.17) is 0 Å². The maximum Gasteiger partial charge on any atom is 0.233 e. The zero-order valence-corrected chi connectivity index (χ0v) is 12.9. The van der Waals surface area contributed by atoms with Gasteiger partial charge in [0.2, 0.25) is 10.0 Å². The average molecular weight is 324 g/mol. The Hall–Kier alpha value is -2.22. The number of halogens is 1. The Labute approximate surface area is 128 Å². The molecule has 2 rings (SSSR count). The predicted molar refractivity (Wildman–Crippen MR) is 83.7 cm³/mol. The third kappa shape index (κ3) is 4.66. The predicted octanol–water partition coefficient (Wildman–Crippen LogP) is 2.03. The van der Waals surface area contributed by atoms with Gasteiger partial charge in [-0.25, -0.2) is 12.8 Å². The quantitative estimate of drug-likeness (QED) is 0.814. The first-order chi connectivity index (χ1) is 10.5. The van der Waals surface area contributed by atoms with E-state index in [2.05, 4.69) is 20.2 Å². The van der Waals surface area contributed by atoms with Crippen LogP contribution in [0.2, 0.25) is 0 Å². The highest BCUT2D eigenvalue weighted by Crippen LogP contribution is 2.10. The molecule has 2 aromatic rings. The van der Waals surface area contributed by atoms with Crippen molar-refractivity contribution in [2.45, 2.75) is 13.3 Å². The van der Waals surface area contributed by atoms with Crippen molar-refractivity contribution in [1.29, 1.82) is 0 Å². The molecule has 0 atom stereocenters. The number of rotatable bonds is 7. The van der Waals surface area contributed by atoms with E-state index in [1.165, 1.54) is 19.1 Å². The van der Waals surface area contributed by atoms with Gasteiger partial charge in [0, 0.05) is 6.54 Å². The van der Waals surface area contributed by atoms with Gasteiger partial charge >= 0.3 is 0 Å². The van der Waals surface area contributed by atoms with E-state index in [0.717, 1.165) is 0 Å². The fourth-order valence-electron chi connectivity index (χ4n) is 1.74. The van der Waals surface area contributed by atoms with Crippen molar-refractivity contribution in [1.82, 2.24) is 10.2 Å². The lowest BCUT2D eigenvalue weighted by molar-refractivity contribution is 0.602. The Morgan fingerprint density at radius 2 is 1.77 bits per heavy atom. The zero-order valence-electron chi connectivity index (χ0n) is 12.1. The number of sulfonamides is 1.